The van der Waals surface area contributed by atoms with Gasteiger partial charge in [-0.3, -0.25) is 0 Å². The van der Waals surface area contributed by atoms with Crippen LogP contribution in [0.5, 0.6) is 0 Å². The van der Waals surface area contributed by atoms with Gasteiger partial charge in [0, 0.05) is 5.57 Å². The molecule has 0 saturated carbocycles. The van der Waals surface area contributed by atoms with Gasteiger partial charge in [0.2, 0.25) is 0 Å². The number of esters is 1. The molecule has 0 bridgehead atoms. The predicted molar refractivity (Wildman–Crippen MR) is 61.1 cm³/mol. The Hall–Kier alpha value is -1.31. The summed E-state index contributed by atoms with van der Waals surface area (Å²) in [5.41, 5.74) is 1.48. The minimum atomic E-state index is -0.295. The second kappa shape index (κ2) is 9.78. The van der Waals surface area contributed by atoms with Gasteiger partial charge in [0.05, 0.1) is 6.61 Å². The van der Waals surface area contributed by atoms with Gasteiger partial charge >= 0.3 is 5.97 Å². The van der Waals surface area contributed by atoms with Crippen LogP contribution in [0.4, 0.5) is 0 Å². The Balaban J connectivity index is 0. The van der Waals surface area contributed by atoms with Gasteiger partial charge in [0.15, 0.2) is 0 Å². The van der Waals surface area contributed by atoms with E-state index in [-0.39, 0.29) is 5.97 Å². The van der Waals surface area contributed by atoms with Gasteiger partial charge < -0.3 is 4.74 Å². The van der Waals surface area contributed by atoms with Crippen LogP contribution in [0.25, 0.3) is 0 Å². The first-order valence-corrected chi connectivity index (χ1v) is 4.56. The molecule has 0 saturated heterocycles. The Bertz CT molecular complexity index is 214. The van der Waals surface area contributed by atoms with Crippen molar-refractivity contribution in [3.63, 3.8) is 0 Å². The monoisotopic (exact) mass is 196 g/mol. The smallest absolute Gasteiger partial charge is 0.333 e. The van der Waals surface area contributed by atoms with Crippen LogP contribution in [-0.4, -0.2) is 12.6 Å². The highest BCUT2D eigenvalue weighted by Crippen LogP contribution is 1.91. The minimum Gasteiger partial charge on any atom is -0.462 e. The third-order valence-electron chi connectivity index (χ3n) is 1.13. The van der Waals surface area contributed by atoms with Gasteiger partial charge in [-0.25, -0.2) is 4.79 Å². The number of ether oxygens (including phenoxy) is 1. The molecule has 0 rings (SSSR count). The lowest BCUT2D eigenvalue weighted by molar-refractivity contribution is -0.138. The van der Waals surface area contributed by atoms with Gasteiger partial charge in [0.1, 0.15) is 0 Å². The van der Waals surface area contributed by atoms with Crippen LogP contribution in [0.15, 0.2) is 37.0 Å². The van der Waals surface area contributed by atoms with Gasteiger partial charge in [-0.15, -0.1) is 0 Å². The molecule has 0 aliphatic rings. The van der Waals surface area contributed by atoms with Crippen molar-refractivity contribution >= 4 is 5.97 Å². The zero-order valence-electron chi connectivity index (χ0n) is 9.43. The number of allylic oxidation sites excluding steroid dienone is 2. The molecule has 2 nitrogen and oxygen atoms in total. The van der Waals surface area contributed by atoms with E-state index in [1.54, 1.807) is 13.0 Å². The SMILES string of the molecule is C=C(C)C(=O)OCCC.C=CC(=C)C. The van der Waals surface area contributed by atoms with Crippen molar-refractivity contribution in [1.82, 2.24) is 0 Å². The molecule has 14 heavy (non-hydrogen) atoms. The molecule has 0 aromatic carbocycles. The van der Waals surface area contributed by atoms with E-state index >= 15 is 0 Å². The summed E-state index contributed by atoms with van der Waals surface area (Å²) in [5, 5.41) is 0. The van der Waals surface area contributed by atoms with E-state index in [4.69, 9.17) is 4.74 Å². The Morgan fingerprint density at radius 1 is 1.36 bits per heavy atom. The number of hydrogen-bond donors (Lipinski definition) is 0. The minimum absolute atomic E-state index is 0.295. The summed E-state index contributed by atoms with van der Waals surface area (Å²) >= 11 is 0. The van der Waals surface area contributed by atoms with Crippen LogP contribution < -0.4 is 0 Å². The molecule has 0 amide bonds. The highest BCUT2D eigenvalue weighted by atomic mass is 16.5. The molecule has 80 valence electrons. The Labute approximate surface area is 87.0 Å². The van der Waals surface area contributed by atoms with Crippen molar-refractivity contribution in [3.8, 4) is 0 Å². The van der Waals surface area contributed by atoms with Crippen molar-refractivity contribution in [1.29, 1.82) is 0 Å². The van der Waals surface area contributed by atoms with Gasteiger partial charge in [-0.2, -0.15) is 0 Å². The molecule has 0 fully saturated rings. The summed E-state index contributed by atoms with van der Waals surface area (Å²) in [7, 11) is 0. The number of hydrogen-bond acceptors (Lipinski definition) is 2. The maximum absolute atomic E-state index is 10.6. The number of rotatable bonds is 4. The molecule has 0 N–H and O–H groups in total. The van der Waals surface area contributed by atoms with Crippen LogP contribution in [0, 0.1) is 0 Å². The van der Waals surface area contributed by atoms with E-state index in [1.807, 2.05) is 13.8 Å². The van der Waals surface area contributed by atoms with Crippen molar-refractivity contribution in [2.75, 3.05) is 6.61 Å². The molecule has 0 atom stereocenters. The van der Waals surface area contributed by atoms with Crippen molar-refractivity contribution in [2.45, 2.75) is 27.2 Å². The first kappa shape index (κ1) is 15.2. The van der Waals surface area contributed by atoms with Crippen molar-refractivity contribution in [3.05, 3.63) is 37.0 Å². The fourth-order valence-electron chi connectivity index (χ4n) is 0.318. The number of carbonyl (C=O) groups excluding carboxylic acids is 1. The summed E-state index contributed by atoms with van der Waals surface area (Å²) < 4.78 is 4.71. The normalized spacial score (nSPS) is 7.93. The predicted octanol–water partition coefficient (Wildman–Crippen LogP) is 3.26. The summed E-state index contributed by atoms with van der Waals surface area (Å²) in [5.74, 6) is -0.295. The molecular formula is C12H20O2. The van der Waals surface area contributed by atoms with E-state index in [0.717, 1.165) is 12.0 Å². The Morgan fingerprint density at radius 2 is 1.79 bits per heavy atom. The number of carbonyl (C=O) groups is 1. The van der Waals surface area contributed by atoms with Crippen molar-refractivity contribution < 1.29 is 9.53 Å². The van der Waals surface area contributed by atoms with Crippen LogP contribution in [-0.2, 0) is 9.53 Å². The van der Waals surface area contributed by atoms with Gasteiger partial charge in [-0.1, -0.05) is 38.3 Å². The largest absolute Gasteiger partial charge is 0.462 e. The zero-order valence-corrected chi connectivity index (χ0v) is 9.43. The summed E-state index contributed by atoms with van der Waals surface area (Å²) in [4.78, 5) is 10.6. The lowest BCUT2D eigenvalue weighted by Crippen LogP contribution is -2.04. The average Bonchev–Trinajstić information content (AvgIpc) is 2.14. The maximum atomic E-state index is 10.6. The van der Waals surface area contributed by atoms with Crippen LogP contribution >= 0.6 is 0 Å². The molecule has 0 aliphatic carbocycles. The molecular weight excluding hydrogens is 176 g/mol. The lowest BCUT2D eigenvalue weighted by atomic mass is 10.4. The molecule has 2 heteroatoms. The highest BCUT2D eigenvalue weighted by Gasteiger charge is 1.99. The molecule has 0 radical (unpaired) electrons. The van der Waals surface area contributed by atoms with E-state index < -0.39 is 0 Å². The first-order chi connectivity index (χ1) is 6.45. The second-order valence-corrected chi connectivity index (χ2v) is 2.97. The fourth-order valence-corrected chi connectivity index (χ4v) is 0.318. The molecule has 0 spiro atoms. The van der Waals surface area contributed by atoms with Gasteiger partial charge in [0.25, 0.3) is 0 Å². The molecule has 0 heterocycles. The third-order valence-corrected chi connectivity index (χ3v) is 1.13. The maximum Gasteiger partial charge on any atom is 0.333 e. The first-order valence-electron chi connectivity index (χ1n) is 4.56. The van der Waals surface area contributed by atoms with Crippen LogP contribution in [0.3, 0.4) is 0 Å². The second-order valence-electron chi connectivity index (χ2n) is 2.97. The Kier molecular flexibility index (Phi) is 10.6. The summed E-state index contributed by atoms with van der Waals surface area (Å²) in [6.07, 6.45) is 2.58. The van der Waals surface area contributed by atoms with E-state index in [1.165, 1.54) is 0 Å². The Morgan fingerprint density at radius 3 is 2.00 bits per heavy atom. The van der Waals surface area contributed by atoms with Gasteiger partial charge in [-0.05, 0) is 20.3 Å². The summed E-state index contributed by atoms with van der Waals surface area (Å²) in [6.45, 7) is 16.4. The van der Waals surface area contributed by atoms with E-state index in [0.29, 0.717) is 12.2 Å². The van der Waals surface area contributed by atoms with Crippen LogP contribution in [0.2, 0.25) is 0 Å². The quantitative estimate of drug-likeness (QED) is 0.392. The fraction of sp³-hybridized carbons (Fsp3) is 0.417. The highest BCUT2D eigenvalue weighted by molar-refractivity contribution is 5.86. The standard InChI is InChI=1S/C7H12O2.C5H8/c1-4-5-9-7(8)6(2)3;1-4-5(2)3/h2,4-5H2,1,3H3;4H,1-2H2,3H3. The average molecular weight is 196 g/mol. The van der Waals surface area contributed by atoms with Crippen molar-refractivity contribution in [2.24, 2.45) is 0 Å². The van der Waals surface area contributed by atoms with E-state index in [2.05, 4.69) is 19.7 Å². The molecule has 0 aromatic heterocycles. The molecule has 0 aromatic rings. The molecule has 0 unspecified atom stereocenters. The van der Waals surface area contributed by atoms with Crippen LogP contribution in [0.1, 0.15) is 27.2 Å². The topological polar surface area (TPSA) is 26.3 Å². The molecule has 0 aliphatic heterocycles. The third kappa shape index (κ3) is 13.3. The van der Waals surface area contributed by atoms with E-state index in [9.17, 15) is 4.79 Å². The summed E-state index contributed by atoms with van der Waals surface area (Å²) in [6, 6.07) is 0. The lowest BCUT2D eigenvalue weighted by Gasteiger charge is -1.99. The zero-order chi connectivity index (χ0) is 11.6.